The smallest absolute Gasteiger partial charge is 0.317 e. The van der Waals surface area contributed by atoms with Crippen molar-refractivity contribution in [3.63, 3.8) is 0 Å². The average molecular weight is 354 g/mol. The second-order valence-electron chi connectivity index (χ2n) is 6.44. The number of amides is 2. The highest BCUT2D eigenvalue weighted by atomic mass is 19.1. The van der Waals surface area contributed by atoms with E-state index in [4.69, 9.17) is 9.47 Å². The zero-order valence-corrected chi connectivity index (χ0v) is 14.8. The van der Waals surface area contributed by atoms with Crippen molar-refractivity contribution in [3.8, 4) is 11.5 Å². The standard InChI is InChI=1S/C17H23FN2O5/c1-10(11-7-13(24-3)14(25-4)8-12(11)18)19-16(23)20-6-5-17(2,9-20)15(21)22/h7-8,10H,5-6,9H2,1-4H3,(H,19,23)(H,21,22). The molecule has 0 aromatic heterocycles. The summed E-state index contributed by atoms with van der Waals surface area (Å²) >= 11 is 0. The molecule has 25 heavy (non-hydrogen) atoms. The highest BCUT2D eigenvalue weighted by molar-refractivity contribution is 5.79. The van der Waals surface area contributed by atoms with Crippen molar-refractivity contribution in [1.29, 1.82) is 0 Å². The van der Waals surface area contributed by atoms with Gasteiger partial charge < -0.3 is 24.8 Å². The average Bonchev–Trinajstić information content (AvgIpc) is 2.98. The molecule has 0 bridgehead atoms. The molecule has 1 heterocycles. The van der Waals surface area contributed by atoms with Gasteiger partial charge in [-0.1, -0.05) is 0 Å². The second-order valence-corrected chi connectivity index (χ2v) is 6.44. The van der Waals surface area contributed by atoms with E-state index in [1.807, 2.05) is 0 Å². The molecule has 2 unspecified atom stereocenters. The van der Waals surface area contributed by atoms with Crippen molar-refractivity contribution in [1.82, 2.24) is 10.2 Å². The van der Waals surface area contributed by atoms with Crippen LogP contribution in [0.25, 0.3) is 0 Å². The summed E-state index contributed by atoms with van der Waals surface area (Å²) in [5.41, 5.74) is -0.694. The maximum Gasteiger partial charge on any atom is 0.317 e. The van der Waals surface area contributed by atoms with E-state index in [9.17, 15) is 19.1 Å². The lowest BCUT2D eigenvalue weighted by molar-refractivity contribution is -0.147. The van der Waals surface area contributed by atoms with Gasteiger partial charge in [0, 0.05) is 24.7 Å². The van der Waals surface area contributed by atoms with Crippen LogP contribution in [0, 0.1) is 11.2 Å². The Kier molecular flexibility index (Phi) is 5.39. The van der Waals surface area contributed by atoms with Crippen LogP contribution >= 0.6 is 0 Å². The summed E-state index contributed by atoms with van der Waals surface area (Å²) < 4.78 is 24.5. The highest BCUT2D eigenvalue weighted by Crippen LogP contribution is 2.33. The Morgan fingerprint density at radius 1 is 1.32 bits per heavy atom. The Balaban J connectivity index is 2.11. The Bertz CT molecular complexity index is 681. The van der Waals surface area contributed by atoms with E-state index < -0.39 is 29.3 Å². The fourth-order valence-corrected chi connectivity index (χ4v) is 2.86. The molecular weight excluding hydrogens is 331 g/mol. The molecule has 0 spiro atoms. The molecule has 1 fully saturated rings. The maximum absolute atomic E-state index is 14.3. The molecule has 0 radical (unpaired) electrons. The molecule has 2 rings (SSSR count). The van der Waals surface area contributed by atoms with Crippen molar-refractivity contribution in [3.05, 3.63) is 23.5 Å². The number of hydrogen-bond donors (Lipinski definition) is 2. The topological polar surface area (TPSA) is 88.1 Å². The number of aliphatic carboxylic acids is 1. The van der Waals surface area contributed by atoms with Crippen LogP contribution in [0.15, 0.2) is 12.1 Å². The number of nitrogens with zero attached hydrogens (tertiary/aromatic N) is 1. The Labute approximate surface area is 145 Å². The number of carboxylic acids is 1. The minimum atomic E-state index is -0.949. The second kappa shape index (κ2) is 7.16. The third-order valence-electron chi connectivity index (χ3n) is 4.59. The van der Waals surface area contributed by atoms with Gasteiger partial charge in [0.25, 0.3) is 0 Å². The van der Waals surface area contributed by atoms with Gasteiger partial charge in [-0.2, -0.15) is 0 Å². The molecule has 0 aliphatic carbocycles. The summed E-state index contributed by atoms with van der Waals surface area (Å²) in [5, 5.41) is 11.9. The highest BCUT2D eigenvalue weighted by Gasteiger charge is 2.42. The van der Waals surface area contributed by atoms with E-state index in [0.717, 1.165) is 0 Å². The summed E-state index contributed by atoms with van der Waals surface area (Å²) in [7, 11) is 2.86. The number of carboxylic acid groups (broad SMARTS) is 1. The fraction of sp³-hybridized carbons (Fsp3) is 0.529. The van der Waals surface area contributed by atoms with Gasteiger partial charge in [-0.15, -0.1) is 0 Å². The summed E-state index contributed by atoms with van der Waals surface area (Å²) in [5.74, 6) is -0.831. The number of nitrogens with one attached hydrogen (secondary N) is 1. The van der Waals surface area contributed by atoms with Gasteiger partial charge in [-0.05, 0) is 26.3 Å². The van der Waals surface area contributed by atoms with Crippen molar-refractivity contribution < 1.29 is 28.6 Å². The van der Waals surface area contributed by atoms with Crippen LogP contribution in [0.3, 0.4) is 0 Å². The zero-order chi connectivity index (χ0) is 18.8. The number of benzene rings is 1. The number of carbonyl (C=O) groups is 2. The number of urea groups is 1. The molecule has 1 aliphatic rings. The molecule has 138 valence electrons. The third-order valence-corrected chi connectivity index (χ3v) is 4.59. The van der Waals surface area contributed by atoms with E-state index in [-0.39, 0.29) is 17.9 Å². The lowest BCUT2D eigenvalue weighted by atomic mass is 9.90. The monoisotopic (exact) mass is 354 g/mol. The number of ether oxygens (including phenoxy) is 2. The van der Waals surface area contributed by atoms with Crippen molar-refractivity contribution >= 4 is 12.0 Å². The molecular formula is C17H23FN2O5. The van der Waals surface area contributed by atoms with Crippen molar-refractivity contribution in [2.45, 2.75) is 26.3 Å². The molecule has 2 amide bonds. The normalized spacial score (nSPS) is 20.9. The lowest BCUT2D eigenvalue weighted by Crippen LogP contribution is -2.41. The molecule has 1 aliphatic heterocycles. The first-order chi connectivity index (χ1) is 11.7. The van der Waals surface area contributed by atoms with Gasteiger partial charge in [-0.25, -0.2) is 9.18 Å². The van der Waals surface area contributed by atoms with E-state index in [1.54, 1.807) is 13.8 Å². The van der Waals surface area contributed by atoms with Crippen LogP contribution in [0.2, 0.25) is 0 Å². The molecule has 7 nitrogen and oxygen atoms in total. The molecule has 1 saturated heterocycles. The van der Waals surface area contributed by atoms with Gasteiger partial charge >= 0.3 is 12.0 Å². The van der Waals surface area contributed by atoms with E-state index >= 15 is 0 Å². The van der Waals surface area contributed by atoms with Gasteiger partial charge in [0.2, 0.25) is 0 Å². The van der Waals surface area contributed by atoms with Crippen LogP contribution in [0.5, 0.6) is 11.5 Å². The summed E-state index contributed by atoms with van der Waals surface area (Å²) in [6.45, 7) is 3.72. The Morgan fingerprint density at radius 3 is 2.44 bits per heavy atom. The van der Waals surface area contributed by atoms with E-state index in [1.165, 1.54) is 31.3 Å². The maximum atomic E-state index is 14.3. The zero-order valence-electron chi connectivity index (χ0n) is 14.8. The van der Waals surface area contributed by atoms with Crippen molar-refractivity contribution in [2.75, 3.05) is 27.3 Å². The first-order valence-corrected chi connectivity index (χ1v) is 7.92. The number of halogens is 1. The van der Waals surface area contributed by atoms with E-state index in [0.29, 0.717) is 18.7 Å². The molecule has 8 heteroatoms. The number of methoxy groups -OCH3 is 2. The predicted molar refractivity (Wildman–Crippen MR) is 88.4 cm³/mol. The molecule has 1 aromatic carbocycles. The Hall–Kier alpha value is -2.51. The number of carbonyl (C=O) groups excluding carboxylic acids is 1. The largest absolute Gasteiger partial charge is 0.493 e. The quantitative estimate of drug-likeness (QED) is 0.848. The SMILES string of the molecule is COc1cc(F)c(C(C)NC(=O)N2CCC(C)(C(=O)O)C2)cc1OC. The van der Waals surface area contributed by atoms with Crippen molar-refractivity contribution in [2.24, 2.45) is 5.41 Å². The molecule has 2 atom stereocenters. The molecule has 1 aromatic rings. The van der Waals surface area contributed by atoms with Crippen LogP contribution in [0.4, 0.5) is 9.18 Å². The van der Waals surface area contributed by atoms with Crippen LogP contribution in [-0.2, 0) is 4.79 Å². The number of likely N-dealkylation sites (tertiary alicyclic amines) is 1. The van der Waals surface area contributed by atoms with Crippen LogP contribution in [0.1, 0.15) is 31.9 Å². The summed E-state index contributed by atoms with van der Waals surface area (Å²) in [4.78, 5) is 25.1. The third kappa shape index (κ3) is 3.78. The van der Waals surface area contributed by atoms with Gasteiger partial charge in [0.1, 0.15) is 5.82 Å². The number of rotatable bonds is 5. The lowest BCUT2D eigenvalue weighted by Gasteiger charge is -2.23. The molecule has 0 saturated carbocycles. The minimum Gasteiger partial charge on any atom is -0.493 e. The van der Waals surface area contributed by atoms with Gasteiger partial charge in [0.15, 0.2) is 11.5 Å². The fourth-order valence-electron chi connectivity index (χ4n) is 2.86. The van der Waals surface area contributed by atoms with Crippen LogP contribution < -0.4 is 14.8 Å². The van der Waals surface area contributed by atoms with Crippen LogP contribution in [-0.4, -0.2) is 49.3 Å². The van der Waals surface area contributed by atoms with E-state index in [2.05, 4.69) is 5.32 Å². The minimum absolute atomic E-state index is 0.120. The molecule has 2 N–H and O–H groups in total. The first kappa shape index (κ1) is 18.8. The van der Waals surface area contributed by atoms with Gasteiger partial charge in [0.05, 0.1) is 25.7 Å². The number of hydrogen-bond acceptors (Lipinski definition) is 4. The first-order valence-electron chi connectivity index (χ1n) is 7.92. The predicted octanol–water partition coefficient (Wildman–Crippen LogP) is 2.41. The Morgan fingerprint density at radius 2 is 1.92 bits per heavy atom. The summed E-state index contributed by atoms with van der Waals surface area (Å²) in [6, 6.07) is 1.63. The summed E-state index contributed by atoms with van der Waals surface area (Å²) in [6.07, 6.45) is 0.384. The van der Waals surface area contributed by atoms with Gasteiger partial charge in [-0.3, -0.25) is 4.79 Å².